The van der Waals surface area contributed by atoms with Crippen molar-refractivity contribution < 1.29 is 28.6 Å². The number of hydrogen-bond acceptors (Lipinski definition) is 9. The Labute approximate surface area is 256 Å². The summed E-state index contributed by atoms with van der Waals surface area (Å²) in [5, 5.41) is 22.0. The van der Waals surface area contributed by atoms with Crippen molar-refractivity contribution in [2.45, 2.75) is 77.3 Å². The van der Waals surface area contributed by atoms with Crippen LogP contribution in [0.1, 0.15) is 45.7 Å². The molecule has 2 aliphatic rings. The van der Waals surface area contributed by atoms with Gasteiger partial charge in [-0.1, -0.05) is 39.8 Å². The Morgan fingerprint density at radius 3 is 2.00 bits per heavy atom. The number of thioether (sulfide) groups is 1. The number of nitro groups is 2. The van der Waals surface area contributed by atoms with Gasteiger partial charge in [0.1, 0.15) is 12.3 Å². The summed E-state index contributed by atoms with van der Waals surface area (Å²) in [5.74, 6) is -0.983. The fourth-order valence-corrected chi connectivity index (χ4v) is 7.88. The lowest BCUT2D eigenvalue weighted by atomic mass is 9.79. The van der Waals surface area contributed by atoms with Gasteiger partial charge in [-0.2, -0.15) is 0 Å². The summed E-state index contributed by atoms with van der Waals surface area (Å²) in [6.45, 7) is 14.5. The molecule has 13 heteroatoms. The number of nitro benzene ring substituents is 2. The number of rotatable bonds is 11. The second kappa shape index (κ2) is 12.2. The molecule has 4 rings (SSSR count). The zero-order chi connectivity index (χ0) is 31.9. The molecular weight excluding hydrogens is 590 g/mol. The number of esters is 1. The van der Waals surface area contributed by atoms with Gasteiger partial charge in [0.2, 0.25) is 5.91 Å². The molecule has 0 bridgehead atoms. The average molecular weight is 628 g/mol. The predicted molar refractivity (Wildman–Crippen MR) is 165 cm³/mol. The number of hydrogen-bond donors (Lipinski definition) is 0. The first-order valence-corrected chi connectivity index (χ1v) is 17.9. The lowest BCUT2D eigenvalue weighted by Gasteiger charge is -2.50. The largest absolute Gasteiger partial charge is 0.456 e. The van der Waals surface area contributed by atoms with Crippen LogP contribution in [-0.2, 0) is 31.1 Å². The van der Waals surface area contributed by atoms with Crippen LogP contribution in [0.25, 0.3) is 0 Å². The second-order valence-electron chi connectivity index (χ2n) is 12.5. The van der Waals surface area contributed by atoms with E-state index in [1.165, 1.54) is 53.1 Å². The molecule has 1 saturated heterocycles. The van der Waals surface area contributed by atoms with Gasteiger partial charge >= 0.3 is 5.97 Å². The van der Waals surface area contributed by atoms with E-state index in [9.17, 15) is 29.8 Å². The maximum atomic E-state index is 13.7. The lowest BCUT2D eigenvalue weighted by molar-refractivity contribution is -0.385. The van der Waals surface area contributed by atoms with Crippen LogP contribution in [-0.4, -0.2) is 47.1 Å². The number of nitrogens with zero attached hydrogens (tertiary/aromatic N) is 3. The van der Waals surface area contributed by atoms with Gasteiger partial charge in [-0.05, 0) is 48.3 Å². The Morgan fingerprint density at radius 1 is 1.00 bits per heavy atom. The smallest absolute Gasteiger partial charge is 0.356 e. The van der Waals surface area contributed by atoms with E-state index >= 15 is 0 Å². The number of non-ortho nitro benzene ring substituents is 2. The molecule has 43 heavy (non-hydrogen) atoms. The highest BCUT2D eigenvalue weighted by Gasteiger charge is 2.61. The minimum atomic E-state index is -2.17. The van der Waals surface area contributed by atoms with E-state index in [0.29, 0.717) is 16.2 Å². The number of ether oxygens (including phenoxy) is 1. The molecule has 0 aromatic heterocycles. The molecule has 0 spiro atoms. The van der Waals surface area contributed by atoms with Crippen molar-refractivity contribution in [1.82, 2.24) is 4.90 Å². The quantitative estimate of drug-likeness (QED) is 0.0888. The van der Waals surface area contributed by atoms with Crippen molar-refractivity contribution >= 4 is 43.3 Å². The van der Waals surface area contributed by atoms with Gasteiger partial charge in [-0.15, -0.1) is 11.8 Å². The molecule has 1 fully saturated rings. The number of fused-ring (bicyclic) bond motifs is 1. The third kappa shape index (κ3) is 6.53. The zero-order valence-corrected chi connectivity index (χ0v) is 27.2. The van der Waals surface area contributed by atoms with Gasteiger partial charge in [-0.25, -0.2) is 4.79 Å². The van der Waals surface area contributed by atoms with Crippen LogP contribution in [0.4, 0.5) is 11.4 Å². The lowest BCUT2D eigenvalue weighted by Crippen LogP contribution is -2.65. The highest BCUT2D eigenvalue weighted by Crippen LogP contribution is 2.52. The van der Waals surface area contributed by atoms with Gasteiger partial charge in [0.25, 0.3) is 11.4 Å². The molecular formula is C30H37N3O8SSi. The first-order chi connectivity index (χ1) is 20.0. The SMILES string of the molecule is C[C@@H](O[Si](C)(C)C(C)(C)C)[C@H]1C(=O)N2C(C(=O)OCc3ccc([N+](=O)[O-])cc3)=C(SCc3ccc([N+](=O)[O-])cc3)[C@H](C)[C@H]12. The maximum Gasteiger partial charge on any atom is 0.356 e. The van der Waals surface area contributed by atoms with Crippen molar-refractivity contribution in [1.29, 1.82) is 0 Å². The van der Waals surface area contributed by atoms with Gasteiger partial charge in [0, 0.05) is 40.8 Å². The summed E-state index contributed by atoms with van der Waals surface area (Å²) in [7, 11) is -2.17. The summed E-state index contributed by atoms with van der Waals surface area (Å²) in [6.07, 6.45) is -0.339. The number of carbonyl (C=O) groups is 2. The zero-order valence-electron chi connectivity index (χ0n) is 25.4. The van der Waals surface area contributed by atoms with Crippen molar-refractivity contribution in [3.8, 4) is 0 Å². The molecule has 0 N–H and O–H groups in total. The fraction of sp³-hybridized carbons (Fsp3) is 0.467. The Bertz CT molecular complexity index is 1450. The number of benzene rings is 2. The summed E-state index contributed by atoms with van der Waals surface area (Å²) >= 11 is 1.41. The summed E-state index contributed by atoms with van der Waals surface area (Å²) in [6, 6.07) is 11.7. The number of amides is 1. The first kappa shape index (κ1) is 32.4. The molecule has 0 aliphatic carbocycles. The molecule has 2 aromatic rings. The monoisotopic (exact) mass is 627 g/mol. The predicted octanol–water partition coefficient (Wildman–Crippen LogP) is 6.58. The molecule has 1 amide bonds. The van der Waals surface area contributed by atoms with Crippen molar-refractivity contribution in [3.05, 3.63) is 90.5 Å². The molecule has 0 radical (unpaired) electrons. The van der Waals surface area contributed by atoms with E-state index in [0.717, 1.165) is 5.56 Å². The van der Waals surface area contributed by atoms with Crippen LogP contribution in [0.2, 0.25) is 18.1 Å². The molecule has 0 saturated carbocycles. The van der Waals surface area contributed by atoms with Gasteiger partial charge in [-0.3, -0.25) is 25.0 Å². The van der Waals surface area contributed by atoms with Gasteiger partial charge in [0.15, 0.2) is 8.32 Å². The highest BCUT2D eigenvalue weighted by atomic mass is 32.2. The van der Waals surface area contributed by atoms with Crippen LogP contribution >= 0.6 is 11.8 Å². The van der Waals surface area contributed by atoms with Gasteiger partial charge < -0.3 is 14.1 Å². The third-order valence-electron chi connectivity index (χ3n) is 8.63. The van der Waals surface area contributed by atoms with Crippen LogP contribution in [0, 0.1) is 32.1 Å². The average Bonchev–Trinajstić information content (AvgIpc) is 3.17. The molecule has 2 heterocycles. The summed E-state index contributed by atoms with van der Waals surface area (Å²) < 4.78 is 12.2. The molecule has 11 nitrogen and oxygen atoms in total. The topological polar surface area (TPSA) is 142 Å². The molecule has 2 aromatic carbocycles. The van der Waals surface area contributed by atoms with E-state index in [1.807, 2.05) is 13.8 Å². The van der Waals surface area contributed by atoms with Gasteiger partial charge in [0.05, 0.1) is 27.9 Å². The number of carbonyl (C=O) groups excluding carboxylic acids is 2. The van der Waals surface area contributed by atoms with Crippen LogP contribution in [0.3, 0.4) is 0 Å². The van der Waals surface area contributed by atoms with Crippen molar-refractivity contribution in [3.63, 3.8) is 0 Å². The van der Waals surface area contributed by atoms with Crippen LogP contribution in [0.5, 0.6) is 0 Å². The summed E-state index contributed by atoms with van der Waals surface area (Å²) in [4.78, 5) is 50.5. The second-order valence-corrected chi connectivity index (χ2v) is 18.3. The normalized spacial score (nSPS) is 20.9. The number of β-lactam (4-membered cyclic amide) rings is 1. The Kier molecular flexibility index (Phi) is 9.19. The standard InChI is InChI=1S/C30H37N3O8SSi/c1-18-25-24(19(2)41-43(6,7)30(3,4)5)28(34)31(25)26(27(18)42-17-21-10-14-23(15-11-21)33(38)39)29(35)40-16-20-8-12-22(13-9-20)32(36)37/h8-15,18-19,24-25H,16-17H2,1-7H3/t18-,19-,24-,25-/m1/s1. The molecule has 2 aliphatic heterocycles. The fourth-order valence-electron chi connectivity index (χ4n) is 5.21. The van der Waals surface area contributed by atoms with Crippen LogP contribution in [0.15, 0.2) is 59.1 Å². The van der Waals surface area contributed by atoms with Crippen molar-refractivity contribution in [2.75, 3.05) is 0 Å². The Balaban J connectivity index is 1.57. The van der Waals surface area contributed by atoms with Crippen LogP contribution < -0.4 is 0 Å². The maximum absolute atomic E-state index is 13.7. The molecule has 4 atom stereocenters. The third-order valence-corrected chi connectivity index (χ3v) is 14.6. The van der Waals surface area contributed by atoms with E-state index < -0.39 is 30.1 Å². The molecule has 0 unspecified atom stereocenters. The van der Waals surface area contributed by atoms with E-state index in [2.05, 4.69) is 33.9 Å². The minimum Gasteiger partial charge on any atom is -0.456 e. The summed E-state index contributed by atoms with van der Waals surface area (Å²) in [5.41, 5.74) is 1.53. The van der Waals surface area contributed by atoms with E-state index in [1.54, 1.807) is 12.1 Å². The Hall–Kier alpha value is -3.55. The Morgan fingerprint density at radius 2 is 1.51 bits per heavy atom. The first-order valence-electron chi connectivity index (χ1n) is 14.0. The molecule has 230 valence electrons. The van der Waals surface area contributed by atoms with E-state index in [-0.39, 0.29) is 52.7 Å². The highest BCUT2D eigenvalue weighted by molar-refractivity contribution is 8.02. The van der Waals surface area contributed by atoms with E-state index in [4.69, 9.17) is 9.16 Å². The minimum absolute atomic E-state index is 0.00831. The van der Waals surface area contributed by atoms with Crippen molar-refractivity contribution in [2.24, 2.45) is 11.8 Å².